The Hall–Kier alpha value is -4.54. The van der Waals surface area contributed by atoms with Crippen LogP contribution in [-0.2, 0) is 38.6 Å². The van der Waals surface area contributed by atoms with Crippen LogP contribution in [0.1, 0.15) is 79.2 Å². The molecule has 5 atom stereocenters. The molecule has 0 aromatic heterocycles. The molecule has 0 saturated carbocycles. The van der Waals surface area contributed by atoms with Crippen molar-refractivity contribution in [1.29, 1.82) is 0 Å². The number of carbonyl (C=O) groups is 2. The van der Waals surface area contributed by atoms with E-state index in [1.54, 1.807) is 0 Å². The van der Waals surface area contributed by atoms with Crippen LogP contribution in [0, 0.1) is 5.92 Å². The second kappa shape index (κ2) is 19.0. The molecule has 2 saturated heterocycles. The van der Waals surface area contributed by atoms with Crippen LogP contribution in [0.2, 0.25) is 0 Å². The molecule has 0 spiro atoms. The molecular weight excluding hydrogens is 666 g/mol. The number of rotatable bonds is 12. The van der Waals surface area contributed by atoms with Gasteiger partial charge in [0.25, 0.3) is 0 Å². The summed E-state index contributed by atoms with van der Waals surface area (Å²) in [6.45, 7) is 5.56. The molecule has 3 N–H and O–H groups in total. The highest BCUT2D eigenvalue weighted by atomic mass is 16.7. The predicted octanol–water partition coefficient (Wildman–Crippen LogP) is 7.49. The van der Waals surface area contributed by atoms with Gasteiger partial charge in [-0.2, -0.15) is 0 Å². The van der Waals surface area contributed by atoms with Crippen molar-refractivity contribution in [2.45, 2.75) is 83.1 Å². The normalized spacial score (nSPS) is 21.5. The van der Waals surface area contributed by atoms with Crippen molar-refractivity contribution in [3.8, 4) is 11.1 Å². The maximum absolute atomic E-state index is 13.0. The zero-order chi connectivity index (χ0) is 37.0. The van der Waals surface area contributed by atoms with Crippen LogP contribution in [0.4, 0.5) is 4.79 Å². The molecule has 2 heterocycles. The molecule has 4 aromatic rings. The topological polar surface area (TPSA) is 109 Å². The fourth-order valence-corrected chi connectivity index (χ4v) is 7.42. The lowest BCUT2D eigenvalue weighted by Crippen LogP contribution is -2.47. The van der Waals surface area contributed by atoms with Crippen LogP contribution < -0.4 is 10.6 Å². The summed E-state index contributed by atoms with van der Waals surface area (Å²) >= 11 is 0. The minimum absolute atomic E-state index is 0.00797. The highest BCUT2D eigenvalue weighted by Gasteiger charge is 2.39. The number of hydrogen-bond acceptors (Lipinski definition) is 7. The smallest absolute Gasteiger partial charge is 0.328 e. The summed E-state index contributed by atoms with van der Waals surface area (Å²) < 4.78 is 18.5. The maximum atomic E-state index is 13.0. The second-order valence-electron chi connectivity index (χ2n) is 14.3. The minimum Gasteiger partial charge on any atom is -0.467 e. The average Bonchev–Trinajstić information content (AvgIpc) is 3.19. The van der Waals surface area contributed by atoms with E-state index in [9.17, 15) is 14.7 Å². The van der Waals surface area contributed by atoms with Crippen molar-refractivity contribution in [3.05, 3.63) is 131 Å². The van der Waals surface area contributed by atoms with Gasteiger partial charge in [-0.1, -0.05) is 129 Å². The van der Waals surface area contributed by atoms with Crippen LogP contribution in [0.5, 0.6) is 0 Å². The zero-order valence-corrected chi connectivity index (χ0v) is 30.9. The first-order valence-electron chi connectivity index (χ1n) is 19.0. The summed E-state index contributed by atoms with van der Waals surface area (Å²) in [4.78, 5) is 28.0. The lowest BCUT2D eigenvalue weighted by molar-refractivity contribution is -0.276. The summed E-state index contributed by atoms with van der Waals surface area (Å²) in [5, 5.41) is 15.3. The predicted molar refractivity (Wildman–Crippen MR) is 206 cm³/mol. The van der Waals surface area contributed by atoms with Gasteiger partial charge >= 0.3 is 12.0 Å². The van der Waals surface area contributed by atoms with Gasteiger partial charge in [-0.3, -0.25) is 0 Å². The van der Waals surface area contributed by atoms with E-state index in [0.29, 0.717) is 6.42 Å². The van der Waals surface area contributed by atoms with Gasteiger partial charge in [0.2, 0.25) is 0 Å². The van der Waals surface area contributed by atoms with E-state index < -0.39 is 24.3 Å². The van der Waals surface area contributed by atoms with Crippen molar-refractivity contribution < 1.29 is 28.9 Å². The molecule has 0 radical (unpaired) electrons. The number of nitrogens with zero attached hydrogens (tertiary/aromatic N) is 1. The fourth-order valence-electron chi connectivity index (χ4n) is 7.42. The molecule has 280 valence electrons. The van der Waals surface area contributed by atoms with Gasteiger partial charge in [0.1, 0.15) is 6.04 Å². The first kappa shape index (κ1) is 38.2. The van der Waals surface area contributed by atoms with E-state index in [-0.39, 0.29) is 31.3 Å². The van der Waals surface area contributed by atoms with E-state index in [1.165, 1.54) is 39.2 Å². The third kappa shape index (κ3) is 10.3. The Morgan fingerprint density at radius 3 is 2.17 bits per heavy atom. The van der Waals surface area contributed by atoms with E-state index in [4.69, 9.17) is 14.2 Å². The van der Waals surface area contributed by atoms with Crippen molar-refractivity contribution in [2.75, 3.05) is 26.7 Å². The first-order chi connectivity index (χ1) is 25.9. The summed E-state index contributed by atoms with van der Waals surface area (Å²) in [5.74, 6) is -0.367. The summed E-state index contributed by atoms with van der Waals surface area (Å²) in [6, 6.07) is 32.6. The minimum atomic E-state index is -0.814. The Morgan fingerprint density at radius 2 is 1.47 bits per heavy atom. The van der Waals surface area contributed by atoms with Crippen LogP contribution in [0.15, 0.2) is 103 Å². The summed E-state index contributed by atoms with van der Waals surface area (Å²) in [7, 11) is 1.32. The Kier molecular flexibility index (Phi) is 13.7. The highest BCUT2D eigenvalue weighted by Crippen LogP contribution is 2.42. The number of urea groups is 1. The quantitative estimate of drug-likeness (QED) is 0.130. The molecule has 9 nitrogen and oxygen atoms in total. The SMILES string of the molecule is COC(=O)[C@H](Cc1ccccc1)NC(=O)NCc1ccccc1-c1ccc([C@@H]2O[C@H](CN3CCCCCCC3)[C@H](C)[C@H](c3ccc(CO)cc3)O2)cc1. The number of likely N-dealkylation sites (tertiary alicyclic amines) is 1. The molecule has 2 fully saturated rings. The van der Waals surface area contributed by atoms with Gasteiger partial charge in [0.15, 0.2) is 6.29 Å². The van der Waals surface area contributed by atoms with Crippen molar-refractivity contribution in [2.24, 2.45) is 5.92 Å². The van der Waals surface area contributed by atoms with Crippen molar-refractivity contribution >= 4 is 12.0 Å². The summed E-state index contributed by atoms with van der Waals surface area (Å²) in [5.41, 5.74) is 6.75. The van der Waals surface area contributed by atoms with E-state index >= 15 is 0 Å². The van der Waals surface area contributed by atoms with Gasteiger partial charge in [-0.05, 0) is 59.3 Å². The molecule has 2 amide bonds. The van der Waals surface area contributed by atoms with Crippen molar-refractivity contribution in [1.82, 2.24) is 15.5 Å². The first-order valence-corrected chi connectivity index (χ1v) is 19.0. The Balaban J connectivity index is 1.15. The molecular formula is C44H53N3O6. The molecule has 53 heavy (non-hydrogen) atoms. The van der Waals surface area contributed by atoms with E-state index in [1.807, 2.05) is 66.7 Å². The van der Waals surface area contributed by atoms with Crippen LogP contribution in [0.3, 0.4) is 0 Å². The maximum Gasteiger partial charge on any atom is 0.328 e. The summed E-state index contributed by atoms with van der Waals surface area (Å²) in [6.07, 6.45) is 5.94. The standard InChI is InChI=1S/C44H53N3O6/c1-31-40(29-47-25-11-4-3-5-12-26-47)52-43(53-41(31)35-19-17-33(30-48)18-20-35)36-23-21-34(22-24-36)38-16-10-9-15-37(38)28-45-44(50)46-39(42(49)51-2)27-32-13-7-6-8-14-32/h6-10,13-24,31,39-41,43,48H,3-5,11-12,25-30H2,1-2H3,(H2,45,46,50)/t31-,39-,40+,41+,43+/m0/s1. The van der Waals surface area contributed by atoms with Crippen LogP contribution in [-0.4, -0.2) is 60.9 Å². The Morgan fingerprint density at radius 1 is 0.811 bits per heavy atom. The molecule has 0 unspecified atom stereocenters. The molecule has 0 aliphatic carbocycles. The van der Waals surface area contributed by atoms with Crippen LogP contribution in [0.25, 0.3) is 11.1 Å². The Labute approximate surface area is 313 Å². The lowest BCUT2D eigenvalue weighted by Gasteiger charge is -2.43. The number of nitrogens with one attached hydrogen (secondary N) is 2. The number of hydrogen-bond donors (Lipinski definition) is 3. The molecule has 2 aliphatic rings. The van der Waals surface area contributed by atoms with Crippen molar-refractivity contribution in [3.63, 3.8) is 0 Å². The number of carbonyl (C=O) groups excluding carboxylic acids is 2. The number of ether oxygens (including phenoxy) is 3. The number of amides is 2. The molecule has 6 rings (SSSR count). The Bertz CT molecular complexity index is 1740. The van der Waals surface area contributed by atoms with E-state index in [2.05, 4.69) is 58.9 Å². The van der Waals surface area contributed by atoms with Gasteiger partial charge < -0.3 is 34.9 Å². The third-order valence-electron chi connectivity index (χ3n) is 10.5. The number of aliphatic hydroxyl groups excluding tert-OH is 1. The fraction of sp³-hybridized carbons (Fsp3) is 0.409. The molecule has 4 aromatic carbocycles. The monoisotopic (exact) mass is 719 g/mol. The number of methoxy groups -OCH3 is 1. The van der Waals surface area contributed by atoms with Crippen LogP contribution >= 0.6 is 0 Å². The van der Waals surface area contributed by atoms with Gasteiger partial charge in [-0.15, -0.1) is 0 Å². The highest BCUT2D eigenvalue weighted by molar-refractivity contribution is 5.84. The second-order valence-corrected chi connectivity index (χ2v) is 14.3. The average molecular weight is 720 g/mol. The lowest BCUT2D eigenvalue weighted by atomic mass is 9.89. The number of esters is 1. The number of benzene rings is 4. The molecule has 0 bridgehead atoms. The third-order valence-corrected chi connectivity index (χ3v) is 10.5. The number of aliphatic hydroxyl groups is 1. The van der Waals surface area contributed by atoms with Gasteiger partial charge in [0, 0.05) is 31.0 Å². The van der Waals surface area contributed by atoms with E-state index in [0.717, 1.165) is 58.6 Å². The molecule has 2 aliphatic heterocycles. The largest absolute Gasteiger partial charge is 0.467 e. The van der Waals surface area contributed by atoms with Gasteiger partial charge in [0.05, 0.1) is 25.9 Å². The molecule has 9 heteroatoms. The zero-order valence-electron chi connectivity index (χ0n) is 30.9. The van der Waals surface area contributed by atoms with Gasteiger partial charge in [-0.25, -0.2) is 9.59 Å².